The van der Waals surface area contributed by atoms with Gasteiger partial charge in [0, 0.05) is 6.07 Å². The van der Waals surface area contributed by atoms with Gasteiger partial charge in [-0.15, -0.1) is 0 Å². The predicted octanol–water partition coefficient (Wildman–Crippen LogP) is 1.79. The van der Waals surface area contributed by atoms with Crippen molar-refractivity contribution in [1.29, 1.82) is 0 Å². The first-order chi connectivity index (χ1) is 8.63. The summed E-state index contributed by atoms with van der Waals surface area (Å²) in [5.74, 6) is 1.65. The summed E-state index contributed by atoms with van der Waals surface area (Å²) in [7, 11) is 3.12. The van der Waals surface area contributed by atoms with Crippen molar-refractivity contribution in [2.45, 2.75) is 0 Å². The Balaban J connectivity index is 2.55. The molecule has 0 bridgehead atoms. The highest BCUT2D eigenvalue weighted by atomic mass is 35.5. The minimum Gasteiger partial charge on any atom is -0.497 e. The van der Waals surface area contributed by atoms with Crippen LogP contribution in [0.3, 0.4) is 0 Å². The van der Waals surface area contributed by atoms with Gasteiger partial charge < -0.3 is 15.2 Å². The molecule has 2 rings (SSSR count). The Kier molecular flexibility index (Phi) is 3.47. The van der Waals surface area contributed by atoms with E-state index in [0.717, 1.165) is 0 Å². The second-order valence-electron chi connectivity index (χ2n) is 3.35. The van der Waals surface area contributed by atoms with Gasteiger partial charge in [-0.3, -0.25) is 0 Å². The number of hydrogen-bond donors (Lipinski definition) is 1. The Labute approximate surface area is 109 Å². The molecule has 2 aromatic rings. The van der Waals surface area contributed by atoms with Crippen LogP contribution in [-0.4, -0.2) is 29.2 Å². The molecule has 94 valence electrons. The third-order valence-electron chi connectivity index (χ3n) is 2.28. The number of methoxy groups -OCH3 is 2. The molecule has 0 aliphatic heterocycles. The van der Waals surface area contributed by atoms with Crippen LogP contribution >= 0.6 is 11.6 Å². The molecule has 1 heterocycles. The molecule has 0 amide bonds. The molecule has 2 N–H and O–H groups in total. The molecule has 18 heavy (non-hydrogen) atoms. The Morgan fingerprint density at radius 2 is 1.89 bits per heavy atom. The van der Waals surface area contributed by atoms with Crippen LogP contribution in [0.25, 0.3) is 11.4 Å². The fourth-order valence-corrected chi connectivity index (χ4v) is 1.64. The first-order valence-corrected chi connectivity index (χ1v) is 5.41. The van der Waals surface area contributed by atoms with Crippen molar-refractivity contribution in [2.24, 2.45) is 0 Å². The Hall–Kier alpha value is -2.08. The summed E-state index contributed by atoms with van der Waals surface area (Å²) in [6.07, 6.45) is 0. The zero-order valence-electron chi connectivity index (χ0n) is 9.85. The van der Waals surface area contributed by atoms with Gasteiger partial charge in [0.05, 0.1) is 19.8 Å². The lowest BCUT2D eigenvalue weighted by Gasteiger charge is -2.09. The van der Waals surface area contributed by atoms with Gasteiger partial charge in [-0.1, -0.05) is 0 Å². The Morgan fingerprint density at radius 1 is 1.11 bits per heavy atom. The zero-order chi connectivity index (χ0) is 13.1. The van der Waals surface area contributed by atoms with E-state index < -0.39 is 0 Å². The third-order valence-corrected chi connectivity index (χ3v) is 2.44. The fraction of sp³-hybridized carbons (Fsp3) is 0.182. The van der Waals surface area contributed by atoms with Gasteiger partial charge in [0.25, 0.3) is 0 Å². The highest BCUT2D eigenvalue weighted by molar-refractivity contribution is 6.28. The van der Waals surface area contributed by atoms with Gasteiger partial charge in [0.15, 0.2) is 5.82 Å². The number of halogens is 1. The lowest BCUT2D eigenvalue weighted by molar-refractivity contribution is 0.395. The first kappa shape index (κ1) is 12.4. The van der Waals surface area contributed by atoms with E-state index in [1.54, 1.807) is 32.4 Å². The summed E-state index contributed by atoms with van der Waals surface area (Å²) >= 11 is 5.75. The molecule has 1 aromatic carbocycles. The number of aromatic nitrogens is 3. The lowest BCUT2D eigenvalue weighted by Crippen LogP contribution is -2.01. The SMILES string of the molecule is COc1ccc(-c2nc(N)nc(Cl)n2)c(OC)c1. The molecule has 0 saturated carbocycles. The summed E-state index contributed by atoms with van der Waals surface area (Å²) in [5.41, 5.74) is 6.19. The summed E-state index contributed by atoms with van der Waals surface area (Å²) in [6, 6.07) is 5.26. The van der Waals surface area contributed by atoms with Gasteiger partial charge in [-0.05, 0) is 23.7 Å². The van der Waals surface area contributed by atoms with E-state index in [4.69, 9.17) is 26.8 Å². The molecule has 0 radical (unpaired) electrons. The molecule has 6 nitrogen and oxygen atoms in total. The molecule has 0 spiro atoms. The highest BCUT2D eigenvalue weighted by Gasteiger charge is 2.12. The number of nitrogens with two attached hydrogens (primary N) is 1. The monoisotopic (exact) mass is 266 g/mol. The molecule has 1 aromatic heterocycles. The number of nitrogens with zero attached hydrogens (tertiary/aromatic N) is 3. The van der Waals surface area contributed by atoms with Crippen molar-refractivity contribution in [3.8, 4) is 22.9 Å². The highest BCUT2D eigenvalue weighted by Crippen LogP contribution is 2.31. The molecule has 0 aliphatic carbocycles. The first-order valence-electron chi connectivity index (χ1n) is 5.03. The number of anilines is 1. The van der Waals surface area contributed by atoms with E-state index in [0.29, 0.717) is 22.9 Å². The topological polar surface area (TPSA) is 83.2 Å². The molecule has 7 heteroatoms. The van der Waals surface area contributed by atoms with Crippen molar-refractivity contribution in [3.63, 3.8) is 0 Å². The summed E-state index contributed by atoms with van der Waals surface area (Å²) in [4.78, 5) is 11.7. The molecular weight excluding hydrogens is 256 g/mol. The maximum atomic E-state index is 5.75. The van der Waals surface area contributed by atoms with Gasteiger partial charge in [-0.25, -0.2) is 0 Å². The Morgan fingerprint density at radius 3 is 2.50 bits per heavy atom. The van der Waals surface area contributed by atoms with Crippen LogP contribution in [0.4, 0.5) is 5.95 Å². The van der Waals surface area contributed by atoms with E-state index >= 15 is 0 Å². The molecule has 0 atom stereocenters. The second-order valence-corrected chi connectivity index (χ2v) is 3.69. The normalized spacial score (nSPS) is 10.2. The van der Waals surface area contributed by atoms with Crippen LogP contribution in [0.5, 0.6) is 11.5 Å². The van der Waals surface area contributed by atoms with Crippen molar-refractivity contribution >= 4 is 17.5 Å². The van der Waals surface area contributed by atoms with E-state index in [1.807, 2.05) is 0 Å². The average Bonchev–Trinajstić information content (AvgIpc) is 2.36. The average molecular weight is 267 g/mol. The maximum absolute atomic E-state index is 5.75. The standard InChI is InChI=1S/C11H11ClN4O2/c1-17-6-3-4-7(8(5-6)18-2)9-14-10(12)16-11(13)15-9/h3-5H,1-2H3,(H2,13,14,15,16). The van der Waals surface area contributed by atoms with E-state index in [2.05, 4.69) is 15.0 Å². The largest absolute Gasteiger partial charge is 0.497 e. The van der Waals surface area contributed by atoms with Crippen LogP contribution in [0.2, 0.25) is 5.28 Å². The van der Waals surface area contributed by atoms with Crippen LogP contribution in [0.15, 0.2) is 18.2 Å². The van der Waals surface area contributed by atoms with Crippen molar-refractivity contribution in [3.05, 3.63) is 23.5 Å². The van der Waals surface area contributed by atoms with E-state index in [-0.39, 0.29) is 11.2 Å². The minimum absolute atomic E-state index is 0.0374. The van der Waals surface area contributed by atoms with Crippen molar-refractivity contribution in [1.82, 2.24) is 15.0 Å². The minimum atomic E-state index is 0.0374. The molecule has 0 unspecified atom stereocenters. The summed E-state index contributed by atoms with van der Waals surface area (Å²) < 4.78 is 10.4. The van der Waals surface area contributed by atoms with Crippen LogP contribution < -0.4 is 15.2 Å². The Bertz CT molecular complexity index is 557. The molecule has 0 fully saturated rings. The fourth-order valence-electron chi connectivity index (χ4n) is 1.47. The van der Waals surface area contributed by atoms with Gasteiger partial charge in [0.1, 0.15) is 11.5 Å². The van der Waals surface area contributed by atoms with Crippen LogP contribution in [-0.2, 0) is 0 Å². The second kappa shape index (κ2) is 5.05. The smallest absolute Gasteiger partial charge is 0.227 e. The van der Waals surface area contributed by atoms with E-state index in [1.165, 1.54) is 0 Å². The predicted molar refractivity (Wildman–Crippen MR) is 67.8 cm³/mol. The van der Waals surface area contributed by atoms with Crippen molar-refractivity contribution < 1.29 is 9.47 Å². The number of benzene rings is 1. The summed E-state index contributed by atoms with van der Waals surface area (Å²) in [6.45, 7) is 0. The van der Waals surface area contributed by atoms with Gasteiger partial charge in [-0.2, -0.15) is 15.0 Å². The van der Waals surface area contributed by atoms with Crippen molar-refractivity contribution in [2.75, 3.05) is 20.0 Å². The molecular formula is C11H11ClN4O2. The number of hydrogen-bond acceptors (Lipinski definition) is 6. The summed E-state index contributed by atoms with van der Waals surface area (Å²) in [5, 5.41) is 0.0374. The van der Waals surface area contributed by atoms with Gasteiger partial charge >= 0.3 is 0 Å². The van der Waals surface area contributed by atoms with Gasteiger partial charge in [0.2, 0.25) is 11.2 Å². The number of nitrogen functional groups attached to an aromatic ring is 1. The van der Waals surface area contributed by atoms with Crippen LogP contribution in [0, 0.1) is 0 Å². The maximum Gasteiger partial charge on any atom is 0.227 e. The number of ether oxygens (including phenoxy) is 2. The molecule has 0 saturated heterocycles. The molecule has 0 aliphatic rings. The number of rotatable bonds is 3. The zero-order valence-corrected chi connectivity index (χ0v) is 10.6. The third kappa shape index (κ3) is 2.43. The van der Waals surface area contributed by atoms with E-state index in [9.17, 15) is 0 Å². The van der Waals surface area contributed by atoms with Crippen LogP contribution in [0.1, 0.15) is 0 Å². The lowest BCUT2D eigenvalue weighted by atomic mass is 10.2. The quantitative estimate of drug-likeness (QED) is 0.912.